The Balaban J connectivity index is 1.96. The highest BCUT2D eigenvalue weighted by Gasteiger charge is 2.15. The Hall–Kier alpha value is -2.53. The Morgan fingerprint density at radius 2 is 2.29 bits per heavy atom. The molecule has 0 bridgehead atoms. The second kappa shape index (κ2) is 9.57. The molecule has 1 N–H and O–H groups in total. The molecule has 1 saturated heterocycles. The molecule has 0 spiro atoms. The van der Waals surface area contributed by atoms with Crippen LogP contribution < -0.4 is 14.8 Å². The first-order valence-electron chi connectivity index (χ1n) is 7.44. The lowest BCUT2D eigenvalue weighted by molar-refractivity contribution is -0.116. The van der Waals surface area contributed by atoms with Gasteiger partial charge in [-0.2, -0.15) is 10.4 Å². The van der Waals surface area contributed by atoms with Gasteiger partial charge in [0.2, 0.25) is 5.91 Å². The molecule has 0 aliphatic carbocycles. The molecule has 1 aliphatic heterocycles. The number of amidine groups is 1. The van der Waals surface area contributed by atoms with E-state index in [1.807, 2.05) is 12.1 Å². The van der Waals surface area contributed by atoms with Gasteiger partial charge in [0.25, 0.3) is 0 Å². The monoisotopic (exact) mass is 346 g/mol. The zero-order valence-corrected chi connectivity index (χ0v) is 14.1. The topological polar surface area (TPSA) is 96.1 Å². The Bertz CT molecular complexity index is 682. The number of nitriles is 1. The summed E-state index contributed by atoms with van der Waals surface area (Å²) in [6, 6.07) is 7.56. The van der Waals surface area contributed by atoms with Crippen LogP contribution in [0.15, 0.2) is 28.4 Å². The van der Waals surface area contributed by atoms with Crippen molar-refractivity contribution in [1.29, 1.82) is 5.26 Å². The van der Waals surface area contributed by atoms with Crippen LogP contribution in [0.3, 0.4) is 0 Å². The largest absolute Gasteiger partial charge is 0.493 e. The van der Waals surface area contributed by atoms with Gasteiger partial charge in [0, 0.05) is 6.42 Å². The number of amides is 1. The van der Waals surface area contributed by atoms with Gasteiger partial charge >= 0.3 is 0 Å². The zero-order valence-electron chi connectivity index (χ0n) is 13.3. The lowest BCUT2D eigenvalue weighted by Gasteiger charge is -2.10. The van der Waals surface area contributed by atoms with Crippen LogP contribution in [0.1, 0.15) is 24.8 Å². The highest BCUT2D eigenvalue weighted by atomic mass is 32.2. The fraction of sp³-hybridized carbons (Fsp3) is 0.375. The summed E-state index contributed by atoms with van der Waals surface area (Å²) < 4.78 is 11.0. The van der Waals surface area contributed by atoms with E-state index < -0.39 is 0 Å². The Kier molecular flexibility index (Phi) is 7.11. The van der Waals surface area contributed by atoms with E-state index in [2.05, 4.69) is 21.6 Å². The van der Waals surface area contributed by atoms with Gasteiger partial charge in [-0.25, -0.2) is 0 Å². The molecule has 1 fully saturated rings. The maximum Gasteiger partial charge on any atom is 0.236 e. The standard InChI is InChI=1S/C16H18N4O3S/c1-22-13-6-5-12(9-14(13)23-8-4-2-3-7-17)10-18-20-16-19-15(21)11-24-16/h5-6,9-10H,2-4,8,11H2,1H3,(H,19,20,21). The third kappa shape index (κ3) is 5.59. The Morgan fingerprint density at radius 3 is 3.00 bits per heavy atom. The third-order valence-electron chi connectivity index (χ3n) is 3.07. The maximum atomic E-state index is 11.1. The van der Waals surface area contributed by atoms with Crippen molar-refractivity contribution >= 4 is 29.1 Å². The van der Waals surface area contributed by atoms with Crippen molar-refractivity contribution in [3.8, 4) is 17.6 Å². The average molecular weight is 346 g/mol. The minimum atomic E-state index is -0.0644. The Labute approximate surface area is 144 Å². The number of nitrogens with zero attached hydrogens (tertiary/aromatic N) is 3. The fourth-order valence-corrected chi connectivity index (χ4v) is 2.53. The first-order valence-corrected chi connectivity index (χ1v) is 8.43. The molecular weight excluding hydrogens is 328 g/mol. The van der Waals surface area contributed by atoms with Gasteiger partial charge in [-0.1, -0.05) is 11.8 Å². The molecule has 1 aliphatic rings. The van der Waals surface area contributed by atoms with Crippen LogP contribution in [0.2, 0.25) is 0 Å². The molecule has 1 amide bonds. The second-order valence-electron chi connectivity index (χ2n) is 4.86. The van der Waals surface area contributed by atoms with Gasteiger partial charge in [0.15, 0.2) is 16.7 Å². The number of ether oxygens (including phenoxy) is 2. The van der Waals surface area contributed by atoms with Gasteiger partial charge in [-0.15, -0.1) is 5.10 Å². The molecule has 8 heteroatoms. The number of thioether (sulfide) groups is 1. The number of hydrogen-bond donors (Lipinski definition) is 1. The van der Waals surface area contributed by atoms with E-state index >= 15 is 0 Å². The predicted octanol–water partition coefficient (Wildman–Crippen LogP) is 2.32. The van der Waals surface area contributed by atoms with Crippen LogP contribution in [0, 0.1) is 11.3 Å². The van der Waals surface area contributed by atoms with Gasteiger partial charge in [0.05, 0.1) is 31.8 Å². The van der Waals surface area contributed by atoms with Crippen molar-refractivity contribution in [2.45, 2.75) is 19.3 Å². The summed E-state index contributed by atoms with van der Waals surface area (Å²) in [5, 5.41) is 19.5. The SMILES string of the molecule is COc1ccc(C=NN=C2NC(=O)CS2)cc1OCCCCC#N. The van der Waals surface area contributed by atoms with Gasteiger partial charge in [0.1, 0.15) is 0 Å². The molecule has 0 atom stereocenters. The van der Waals surface area contributed by atoms with Crippen LogP contribution in [-0.4, -0.2) is 36.8 Å². The summed E-state index contributed by atoms with van der Waals surface area (Å²) in [6.45, 7) is 0.517. The molecule has 1 heterocycles. The number of benzene rings is 1. The number of methoxy groups -OCH3 is 1. The minimum Gasteiger partial charge on any atom is -0.493 e. The zero-order chi connectivity index (χ0) is 17.2. The minimum absolute atomic E-state index is 0.0644. The molecule has 7 nitrogen and oxygen atoms in total. The first kappa shape index (κ1) is 17.8. The summed E-state index contributed by atoms with van der Waals surface area (Å²) in [6.07, 6.45) is 3.72. The normalized spacial score (nSPS) is 15.5. The molecule has 24 heavy (non-hydrogen) atoms. The lowest BCUT2D eigenvalue weighted by Crippen LogP contribution is -2.19. The number of carbonyl (C=O) groups excluding carboxylic acids is 1. The van der Waals surface area contributed by atoms with E-state index in [0.29, 0.717) is 35.4 Å². The highest BCUT2D eigenvalue weighted by Crippen LogP contribution is 2.27. The van der Waals surface area contributed by atoms with E-state index in [1.165, 1.54) is 11.8 Å². The van der Waals surface area contributed by atoms with E-state index in [4.69, 9.17) is 14.7 Å². The molecule has 0 saturated carbocycles. The molecular formula is C16H18N4O3S. The smallest absolute Gasteiger partial charge is 0.236 e. The van der Waals surface area contributed by atoms with Crippen molar-refractivity contribution < 1.29 is 14.3 Å². The first-order chi connectivity index (χ1) is 11.7. The quantitative estimate of drug-likeness (QED) is 0.443. The number of rotatable bonds is 8. The molecule has 0 unspecified atom stereocenters. The van der Waals surface area contributed by atoms with Gasteiger partial charge < -0.3 is 14.8 Å². The number of carbonyl (C=O) groups is 1. The lowest BCUT2D eigenvalue weighted by atomic mass is 10.2. The van der Waals surface area contributed by atoms with Crippen molar-refractivity contribution in [3.63, 3.8) is 0 Å². The summed E-state index contributed by atoms with van der Waals surface area (Å²) in [4.78, 5) is 11.1. The molecule has 0 aromatic heterocycles. The van der Waals surface area contributed by atoms with Crippen molar-refractivity contribution in [1.82, 2.24) is 5.32 Å². The number of unbranched alkanes of at least 4 members (excludes halogenated alkanes) is 2. The predicted molar refractivity (Wildman–Crippen MR) is 93.6 cm³/mol. The van der Waals surface area contributed by atoms with Gasteiger partial charge in [-0.3, -0.25) is 4.79 Å². The molecule has 1 aromatic carbocycles. The summed E-state index contributed by atoms with van der Waals surface area (Å²) in [5.41, 5.74) is 0.807. The van der Waals surface area contributed by atoms with Gasteiger partial charge in [-0.05, 0) is 36.6 Å². The van der Waals surface area contributed by atoms with E-state index in [-0.39, 0.29) is 5.91 Å². The third-order valence-corrected chi connectivity index (χ3v) is 3.93. The van der Waals surface area contributed by atoms with Crippen LogP contribution in [0.5, 0.6) is 11.5 Å². The van der Waals surface area contributed by atoms with E-state index in [9.17, 15) is 4.79 Å². The van der Waals surface area contributed by atoms with Crippen LogP contribution in [0.4, 0.5) is 0 Å². The molecule has 126 valence electrons. The van der Waals surface area contributed by atoms with E-state index in [0.717, 1.165) is 18.4 Å². The van der Waals surface area contributed by atoms with Crippen molar-refractivity contribution in [2.75, 3.05) is 19.5 Å². The Morgan fingerprint density at radius 1 is 1.42 bits per heavy atom. The fourth-order valence-electron chi connectivity index (χ4n) is 1.90. The summed E-state index contributed by atoms with van der Waals surface area (Å²) in [7, 11) is 1.58. The van der Waals surface area contributed by atoms with Crippen LogP contribution in [-0.2, 0) is 4.79 Å². The average Bonchev–Trinajstić information content (AvgIpc) is 3.00. The molecule has 2 rings (SSSR count). The van der Waals surface area contributed by atoms with E-state index in [1.54, 1.807) is 19.4 Å². The van der Waals surface area contributed by atoms with Crippen molar-refractivity contribution in [2.24, 2.45) is 10.2 Å². The highest BCUT2D eigenvalue weighted by molar-refractivity contribution is 8.15. The maximum absolute atomic E-state index is 11.1. The number of hydrogen-bond acceptors (Lipinski definition) is 7. The van der Waals surface area contributed by atoms with Crippen LogP contribution in [0.25, 0.3) is 0 Å². The van der Waals surface area contributed by atoms with Crippen LogP contribution >= 0.6 is 11.8 Å². The second-order valence-corrected chi connectivity index (χ2v) is 5.82. The summed E-state index contributed by atoms with van der Waals surface area (Å²) >= 11 is 1.32. The molecule has 0 radical (unpaired) electrons. The summed E-state index contributed by atoms with van der Waals surface area (Å²) in [5.74, 6) is 1.57. The van der Waals surface area contributed by atoms with Crippen molar-refractivity contribution in [3.05, 3.63) is 23.8 Å². The number of nitrogens with one attached hydrogen (secondary N) is 1. The molecule has 1 aromatic rings.